The molecule has 5 heteroatoms. The van der Waals surface area contributed by atoms with Gasteiger partial charge in [0, 0.05) is 37.1 Å². The fourth-order valence-electron chi connectivity index (χ4n) is 4.79. The van der Waals surface area contributed by atoms with E-state index in [0.717, 1.165) is 44.6 Å². The van der Waals surface area contributed by atoms with Crippen LogP contribution in [0.25, 0.3) is 0 Å². The summed E-state index contributed by atoms with van der Waals surface area (Å²) in [7, 11) is 0. The fourth-order valence-corrected chi connectivity index (χ4v) is 4.79. The smallest absolute Gasteiger partial charge is 0.240 e. The van der Waals surface area contributed by atoms with E-state index in [1.165, 1.54) is 31.4 Å². The van der Waals surface area contributed by atoms with Crippen LogP contribution in [-0.2, 0) is 9.59 Å². The van der Waals surface area contributed by atoms with Gasteiger partial charge in [0.25, 0.3) is 0 Å². The molecule has 3 fully saturated rings. The summed E-state index contributed by atoms with van der Waals surface area (Å²) in [6.45, 7) is 5.16. The summed E-state index contributed by atoms with van der Waals surface area (Å²) in [5.41, 5.74) is 1.18. The van der Waals surface area contributed by atoms with E-state index >= 15 is 0 Å². The molecule has 1 aromatic rings. The number of rotatable bonds is 5. The summed E-state index contributed by atoms with van der Waals surface area (Å²) >= 11 is 0. The van der Waals surface area contributed by atoms with E-state index in [-0.39, 0.29) is 11.8 Å². The Bertz CT molecular complexity index is 705. The fraction of sp³-hybridized carbons (Fsp3) is 0.652. The van der Waals surface area contributed by atoms with Gasteiger partial charge in [0.15, 0.2) is 0 Å². The van der Waals surface area contributed by atoms with Gasteiger partial charge in [-0.15, -0.1) is 0 Å². The first-order valence-electron chi connectivity index (χ1n) is 11.1. The van der Waals surface area contributed by atoms with Crippen molar-refractivity contribution in [2.45, 2.75) is 70.8 Å². The molecule has 2 amide bonds. The maximum atomic E-state index is 13.2. The van der Waals surface area contributed by atoms with Crippen LogP contribution in [0.5, 0.6) is 0 Å². The topological polar surface area (TPSA) is 52.7 Å². The van der Waals surface area contributed by atoms with Crippen molar-refractivity contribution in [2.75, 3.05) is 29.9 Å². The highest BCUT2D eigenvalue weighted by atomic mass is 16.2. The van der Waals surface area contributed by atoms with Crippen LogP contribution in [0, 0.1) is 5.41 Å². The Labute approximate surface area is 168 Å². The first kappa shape index (κ1) is 19.3. The SMILES string of the molecule is CCC1CCCCN1C(=O)C1(C(=O)Nc2ccc(N3CCCCC3)cc2)CC1. The lowest BCUT2D eigenvalue weighted by Crippen LogP contribution is -2.49. The standard InChI is InChI=1S/C23H33N3O2/c1-2-19-8-4-7-17-26(19)22(28)23(13-14-23)21(27)24-18-9-11-20(12-10-18)25-15-5-3-6-16-25/h9-12,19H,2-8,13-17H2,1H3,(H,24,27). The van der Waals surface area contributed by atoms with E-state index in [4.69, 9.17) is 0 Å². The number of benzene rings is 1. The minimum absolute atomic E-state index is 0.0569. The Balaban J connectivity index is 1.40. The van der Waals surface area contributed by atoms with Gasteiger partial charge < -0.3 is 15.1 Å². The van der Waals surface area contributed by atoms with Gasteiger partial charge in [0.05, 0.1) is 0 Å². The predicted octanol–water partition coefficient (Wildman–Crippen LogP) is 4.19. The van der Waals surface area contributed by atoms with Gasteiger partial charge in [-0.3, -0.25) is 9.59 Å². The number of piperidine rings is 2. The zero-order valence-electron chi connectivity index (χ0n) is 17.1. The number of likely N-dealkylation sites (tertiary alicyclic amines) is 1. The molecule has 3 aliphatic rings. The monoisotopic (exact) mass is 383 g/mol. The van der Waals surface area contributed by atoms with Crippen LogP contribution >= 0.6 is 0 Å². The number of anilines is 2. The average Bonchev–Trinajstić information content (AvgIpc) is 3.56. The molecule has 1 saturated carbocycles. The molecule has 5 nitrogen and oxygen atoms in total. The highest BCUT2D eigenvalue weighted by molar-refractivity contribution is 6.13. The van der Waals surface area contributed by atoms with Gasteiger partial charge in [-0.1, -0.05) is 6.92 Å². The molecule has 28 heavy (non-hydrogen) atoms. The predicted molar refractivity (Wildman–Crippen MR) is 112 cm³/mol. The van der Waals surface area contributed by atoms with Gasteiger partial charge in [-0.2, -0.15) is 0 Å². The summed E-state index contributed by atoms with van der Waals surface area (Å²) in [4.78, 5) is 30.6. The summed E-state index contributed by atoms with van der Waals surface area (Å²) in [5, 5.41) is 3.02. The Morgan fingerprint density at radius 1 is 1.00 bits per heavy atom. The second-order valence-corrected chi connectivity index (χ2v) is 8.69. The van der Waals surface area contributed by atoms with Gasteiger partial charge in [0.1, 0.15) is 5.41 Å². The lowest BCUT2D eigenvalue weighted by molar-refractivity contribution is -0.145. The van der Waals surface area contributed by atoms with Crippen LogP contribution in [0.15, 0.2) is 24.3 Å². The quantitative estimate of drug-likeness (QED) is 0.776. The van der Waals surface area contributed by atoms with E-state index < -0.39 is 5.41 Å². The molecular formula is C23H33N3O2. The second-order valence-electron chi connectivity index (χ2n) is 8.69. The van der Waals surface area contributed by atoms with Gasteiger partial charge in [-0.05, 0) is 82.1 Å². The molecule has 1 atom stereocenters. The van der Waals surface area contributed by atoms with Crippen molar-refractivity contribution in [3.05, 3.63) is 24.3 Å². The first-order chi connectivity index (χ1) is 13.6. The average molecular weight is 384 g/mol. The zero-order valence-corrected chi connectivity index (χ0v) is 17.1. The lowest BCUT2D eigenvalue weighted by Gasteiger charge is -2.37. The molecule has 1 aromatic carbocycles. The highest BCUT2D eigenvalue weighted by Gasteiger charge is 2.58. The maximum Gasteiger partial charge on any atom is 0.240 e. The molecule has 2 saturated heterocycles. The molecule has 2 heterocycles. The van der Waals surface area contributed by atoms with E-state index in [1.54, 1.807) is 0 Å². The van der Waals surface area contributed by atoms with Crippen molar-refractivity contribution in [3.8, 4) is 0 Å². The third kappa shape index (κ3) is 3.76. The highest BCUT2D eigenvalue weighted by Crippen LogP contribution is 2.49. The number of carbonyl (C=O) groups excluding carboxylic acids is 2. The van der Waals surface area contributed by atoms with E-state index in [0.29, 0.717) is 18.9 Å². The summed E-state index contributed by atoms with van der Waals surface area (Å²) < 4.78 is 0. The first-order valence-corrected chi connectivity index (χ1v) is 11.1. The van der Waals surface area contributed by atoms with E-state index in [1.807, 2.05) is 17.0 Å². The summed E-state index contributed by atoms with van der Waals surface area (Å²) in [5.74, 6) is -0.0647. The number of amides is 2. The molecule has 0 aromatic heterocycles. The van der Waals surface area contributed by atoms with E-state index in [9.17, 15) is 9.59 Å². The Morgan fingerprint density at radius 2 is 1.68 bits per heavy atom. The second kappa shape index (κ2) is 8.14. The molecule has 0 radical (unpaired) electrons. The Hall–Kier alpha value is -2.04. The number of hydrogen-bond acceptors (Lipinski definition) is 3. The lowest BCUT2D eigenvalue weighted by atomic mass is 9.95. The number of hydrogen-bond donors (Lipinski definition) is 1. The minimum atomic E-state index is -0.823. The van der Waals surface area contributed by atoms with Crippen LogP contribution in [0.3, 0.4) is 0 Å². The largest absolute Gasteiger partial charge is 0.372 e. The molecule has 4 rings (SSSR count). The minimum Gasteiger partial charge on any atom is -0.372 e. The molecule has 1 N–H and O–H groups in total. The molecule has 1 unspecified atom stereocenters. The van der Waals surface area contributed by atoms with Crippen LogP contribution in [0.4, 0.5) is 11.4 Å². The molecule has 2 aliphatic heterocycles. The third-order valence-electron chi connectivity index (χ3n) is 6.80. The molecule has 0 bridgehead atoms. The van der Waals surface area contributed by atoms with Crippen molar-refractivity contribution in [1.82, 2.24) is 4.90 Å². The van der Waals surface area contributed by atoms with Crippen LogP contribution in [-0.4, -0.2) is 42.4 Å². The van der Waals surface area contributed by atoms with Gasteiger partial charge >= 0.3 is 0 Å². The van der Waals surface area contributed by atoms with Crippen molar-refractivity contribution < 1.29 is 9.59 Å². The van der Waals surface area contributed by atoms with Crippen molar-refractivity contribution >= 4 is 23.2 Å². The third-order valence-corrected chi connectivity index (χ3v) is 6.80. The molecular weight excluding hydrogens is 350 g/mol. The molecule has 0 spiro atoms. The Morgan fingerprint density at radius 3 is 2.32 bits per heavy atom. The van der Waals surface area contributed by atoms with Gasteiger partial charge in [0.2, 0.25) is 11.8 Å². The zero-order chi connectivity index (χ0) is 19.6. The summed E-state index contributed by atoms with van der Waals surface area (Å²) in [6.07, 6.45) is 9.45. The molecule has 152 valence electrons. The number of nitrogens with zero attached hydrogens (tertiary/aromatic N) is 2. The van der Waals surface area contributed by atoms with Gasteiger partial charge in [-0.25, -0.2) is 0 Å². The Kier molecular flexibility index (Phi) is 5.61. The van der Waals surface area contributed by atoms with Crippen molar-refractivity contribution in [2.24, 2.45) is 5.41 Å². The van der Waals surface area contributed by atoms with Crippen LogP contribution < -0.4 is 10.2 Å². The number of nitrogens with one attached hydrogen (secondary N) is 1. The van der Waals surface area contributed by atoms with Crippen LogP contribution in [0.2, 0.25) is 0 Å². The number of carbonyl (C=O) groups is 2. The molecule has 1 aliphatic carbocycles. The van der Waals surface area contributed by atoms with E-state index in [2.05, 4.69) is 29.3 Å². The summed E-state index contributed by atoms with van der Waals surface area (Å²) in [6, 6.07) is 8.41. The van der Waals surface area contributed by atoms with Crippen LogP contribution in [0.1, 0.15) is 64.7 Å². The van der Waals surface area contributed by atoms with Crippen molar-refractivity contribution in [3.63, 3.8) is 0 Å². The normalized spacial score (nSPS) is 24.0. The van der Waals surface area contributed by atoms with Crippen molar-refractivity contribution in [1.29, 1.82) is 0 Å². The maximum absolute atomic E-state index is 13.2.